The van der Waals surface area contributed by atoms with Crippen LogP contribution in [0.5, 0.6) is 5.88 Å². The summed E-state index contributed by atoms with van der Waals surface area (Å²) in [5, 5.41) is 0.595. The van der Waals surface area contributed by atoms with E-state index in [2.05, 4.69) is 19.9 Å². The summed E-state index contributed by atoms with van der Waals surface area (Å²) >= 11 is 1.28. The van der Waals surface area contributed by atoms with E-state index in [0.29, 0.717) is 40.1 Å². The number of pyridine rings is 1. The highest BCUT2D eigenvalue weighted by Crippen LogP contribution is 2.48. The Morgan fingerprint density at radius 3 is 2.33 bits per heavy atom. The molecule has 2 N–H and O–H groups in total. The molecule has 3 aromatic heterocycles. The van der Waals surface area contributed by atoms with Crippen LogP contribution < -0.4 is 10.5 Å². The highest BCUT2D eigenvalue weighted by molar-refractivity contribution is 7.17. The fraction of sp³-hybridized carbons (Fsp3) is 0.321. The van der Waals surface area contributed by atoms with Crippen molar-refractivity contribution < 1.29 is 22.7 Å². The van der Waals surface area contributed by atoms with Crippen LogP contribution in [-0.4, -0.2) is 49.9 Å². The molecule has 4 aromatic rings. The zero-order chi connectivity index (χ0) is 28.3. The second-order valence-corrected chi connectivity index (χ2v) is 11.7. The van der Waals surface area contributed by atoms with E-state index in [1.165, 1.54) is 11.3 Å². The second kappa shape index (κ2) is 9.63. The standard InChI is InChI=1S/C28H25F3N6O2S/c1-13-24(40-26(35-13)25-33-5-4-6-34-25)27(38)37-11-16-17(12-37)23(16)39-21-10-15(28(2,3)32)9-20(36-21)14-7-18(29)22(31)19(30)8-14/h4-10,16-17,23H,11-12,32H2,1-3H3/t16-,17+,23?. The zero-order valence-corrected chi connectivity index (χ0v) is 22.7. The molecule has 1 aliphatic carbocycles. The number of hydrogen-bond donors (Lipinski definition) is 1. The summed E-state index contributed by atoms with van der Waals surface area (Å²) in [5.41, 5.74) is 7.06. The van der Waals surface area contributed by atoms with E-state index >= 15 is 0 Å². The van der Waals surface area contributed by atoms with Crippen molar-refractivity contribution in [2.45, 2.75) is 32.4 Å². The van der Waals surface area contributed by atoms with Crippen molar-refractivity contribution in [3.8, 4) is 28.0 Å². The second-order valence-electron chi connectivity index (χ2n) is 10.7. The van der Waals surface area contributed by atoms with Crippen molar-refractivity contribution in [2.75, 3.05) is 13.1 Å². The number of carbonyl (C=O) groups is 1. The van der Waals surface area contributed by atoms with Gasteiger partial charge in [0.05, 0.1) is 11.4 Å². The molecular formula is C28H25F3N6O2S. The van der Waals surface area contributed by atoms with Crippen LogP contribution in [0.25, 0.3) is 22.1 Å². The largest absolute Gasteiger partial charge is 0.474 e. The topological polar surface area (TPSA) is 107 Å². The number of nitrogens with two attached hydrogens (primary N) is 1. The van der Waals surface area contributed by atoms with E-state index in [4.69, 9.17) is 10.5 Å². The first-order valence-corrected chi connectivity index (χ1v) is 13.5. The van der Waals surface area contributed by atoms with Gasteiger partial charge in [-0.2, -0.15) is 0 Å². The minimum Gasteiger partial charge on any atom is -0.474 e. The van der Waals surface area contributed by atoms with Gasteiger partial charge in [0.2, 0.25) is 5.88 Å². The Morgan fingerprint density at radius 2 is 1.70 bits per heavy atom. The first kappa shape index (κ1) is 26.3. The van der Waals surface area contributed by atoms with Crippen molar-refractivity contribution in [3.05, 3.63) is 76.3 Å². The molecule has 4 heterocycles. The van der Waals surface area contributed by atoms with Gasteiger partial charge in [0.15, 0.2) is 28.3 Å². The lowest BCUT2D eigenvalue weighted by Crippen LogP contribution is -2.33. The van der Waals surface area contributed by atoms with E-state index in [-0.39, 0.29) is 41.0 Å². The SMILES string of the molecule is Cc1nc(-c2ncccn2)sc1C(=O)N1C[C@@H]2C(Oc3cc(C(C)(C)N)cc(-c4cc(F)c(F)c(F)c4)n3)[C@@H]2C1. The molecule has 1 saturated heterocycles. The summed E-state index contributed by atoms with van der Waals surface area (Å²) in [6, 6.07) is 6.81. The lowest BCUT2D eigenvalue weighted by Gasteiger charge is -2.22. The number of benzene rings is 1. The normalized spacial score (nSPS) is 20.0. The van der Waals surface area contributed by atoms with Gasteiger partial charge in [0.25, 0.3) is 5.91 Å². The fourth-order valence-corrected chi connectivity index (χ4v) is 5.97. The molecule has 2 fully saturated rings. The van der Waals surface area contributed by atoms with Gasteiger partial charge >= 0.3 is 0 Å². The zero-order valence-electron chi connectivity index (χ0n) is 21.9. The fourth-order valence-electron chi connectivity index (χ4n) is 4.98. The molecule has 2 aliphatic rings. The summed E-state index contributed by atoms with van der Waals surface area (Å²) in [5.74, 6) is -3.28. The van der Waals surface area contributed by atoms with Crippen LogP contribution in [0.4, 0.5) is 13.2 Å². The van der Waals surface area contributed by atoms with E-state index in [1.807, 2.05) is 0 Å². The van der Waals surface area contributed by atoms with Crippen molar-refractivity contribution in [1.82, 2.24) is 24.8 Å². The van der Waals surface area contributed by atoms with Gasteiger partial charge < -0.3 is 15.4 Å². The van der Waals surface area contributed by atoms with Gasteiger partial charge in [-0.1, -0.05) is 0 Å². The highest BCUT2D eigenvalue weighted by Gasteiger charge is 2.59. The number of amides is 1. The number of fused-ring (bicyclic) bond motifs is 1. The lowest BCUT2D eigenvalue weighted by molar-refractivity contribution is 0.0755. The third-order valence-corrected chi connectivity index (χ3v) is 8.37. The summed E-state index contributed by atoms with van der Waals surface area (Å²) in [4.78, 5) is 33.0. The van der Waals surface area contributed by atoms with Gasteiger partial charge in [-0.3, -0.25) is 4.79 Å². The average molecular weight is 567 g/mol. The summed E-state index contributed by atoms with van der Waals surface area (Å²) in [6.45, 7) is 6.41. The average Bonchev–Trinajstić information content (AvgIpc) is 3.23. The molecule has 3 atom stereocenters. The first-order valence-electron chi connectivity index (χ1n) is 12.7. The predicted octanol–water partition coefficient (Wildman–Crippen LogP) is 4.73. The van der Waals surface area contributed by atoms with Gasteiger partial charge in [0.1, 0.15) is 11.0 Å². The summed E-state index contributed by atoms with van der Waals surface area (Å²) in [7, 11) is 0. The number of carbonyl (C=O) groups excluding carboxylic acids is 1. The number of halogens is 3. The van der Waals surface area contributed by atoms with E-state index in [0.717, 1.165) is 12.1 Å². The summed E-state index contributed by atoms with van der Waals surface area (Å²) in [6.07, 6.45) is 3.10. The molecule has 12 heteroatoms. The molecule has 6 rings (SSSR count). The number of rotatable bonds is 6. The molecule has 0 radical (unpaired) electrons. The van der Waals surface area contributed by atoms with Crippen molar-refractivity contribution >= 4 is 17.2 Å². The number of aryl methyl sites for hydroxylation is 1. The van der Waals surface area contributed by atoms with Gasteiger partial charge in [-0.25, -0.2) is 33.1 Å². The molecule has 1 unspecified atom stereocenters. The number of hydrogen-bond acceptors (Lipinski definition) is 8. The lowest BCUT2D eigenvalue weighted by atomic mass is 9.94. The van der Waals surface area contributed by atoms with Crippen molar-refractivity contribution in [1.29, 1.82) is 0 Å². The summed E-state index contributed by atoms with van der Waals surface area (Å²) < 4.78 is 47.6. The Bertz CT molecular complexity index is 1590. The monoisotopic (exact) mass is 566 g/mol. The first-order chi connectivity index (χ1) is 19.0. The van der Waals surface area contributed by atoms with Gasteiger partial charge in [-0.15, -0.1) is 11.3 Å². The maximum Gasteiger partial charge on any atom is 0.265 e. The molecule has 1 aliphatic heterocycles. The van der Waals surface area contributed by atoms with Crippen molar-refractivity contribution in [2.24, 2.45) is 17.6 Å². The molecule has 206 valence electrons. The minimum absolute atomic E-state index is 0.0697. The van der Waals surface area contributed by atoms with Crippen LogP contribution in [0.2, 0.25) is 0 Å². The highest BCUT2D eigenvalue weighted by atomic mass is 32.1. The number of thiazole rings is 1. The van der Waals surface area contributed by atoms with Crippen LogP contribution in [0.1, 0.15) is 34.8 Å². The Morgan fingerprint density at radius 1 is 1.05 bits per heavy atom. The molecule has 1 saturated carbocycles. The smallest absolute Gasteiger partial charge is 0.265 e. The molecule has 0 bridgehead atoms. The predicted molar refractivity (Wildman–Crippen MR) is 142 cm³/mol. The van der Waals surface area contributed by atoms with Gasteiger partial charge in [-0.05, 0) is 50.6 Å². The molecule has 1 amide bonds. The molecular weight excluding hydrogens is 541 g/mol. The number of aromatic nitrogens is 4. The van der Waals surface area contributed by atoms with Crippen molar-refractivity contribution in [3.63, 3.8) is 0 Å². The van der Waals surface area contributed by atoms with Crippen LogP contribution in [0.15, 0.2) is 42.7 Å². The maximum atomic E-state index is 13.9. The van der Waals surface area contributed by atoms with E-state index < -0.39 is 23.0 Å². The quantitative estimate of drug-likeness (QED) is 0.336. The number of piperidine rings is 1. The Hall–Kier alpha value is -3.90. The number of nitrogens with zero attached hydrogens (tertiary/aromatic N) is 5. The third-order valence-electron chi connectivity index (χ3n) is 7.23. The van der Waals surface area contributed by atoms with E-state index in [1.54, 1.807) is 56.3 Å². The van der Waals surface area contributed by atoms with Crippen LogP contribution >= 0.6 is 11.3 Å². The van der Waals surface area contributed by atoms with Crippen LogP contribution in [-0.2, 0) is 5.54 Å². The molecule has 40 heavy (non-hydrogen) atoms. The van der Waals surface area contributed by atoms with Gasteiger partial charge in [0, 0.05) is 54.5 Å². The Labute approximate surface area is 232 Å². The minimum atomic E-state index is -1.54. The Kier molecular flexibility index (Phi) is 6.34. The number of likely N-dealkylation sites (tertiary alicyclic amines) is 1. The van der Waals surface area contributed by atoms with Crippen LogP contribution in [0, 0.1) is 36.2 Å². The molecule has 0 spiro atoms. The molecule has 1 aromatic carbocycles. The number of ether oxygens (including phenoxy) is 1. The van der Waals surface area contributed by atoms with Crippen LogP contribution in [0.3, 0.4) is 0 Å². The maximum absolute atomic E-state index is 13.9. The molecule has 8 nitrogen and oxygen atoms in total. The van der Waals surface area contributed by atoms with E-state index in [9.17, 15) is 18.0 Å². The Balaban J connectivity index is 1.18. The third kappa shape index (κ3) is 4.81.